The van der Waals surface area contributed by atoms with Crippen molar-refractivity contribution in [2.24, 2.45) is 5.92 Å². The largest absolute Gasteiger partial charge is 0.507 e. The third-order valence-corrected chi connectivity index (χ3v) is 7.20. The molecule has 2 aliphatic heterocycles. The minimum Gasteiger partial charge on any atom is -0.507 e. The van der Waals surface area contributed by atoms with Gasteiger partial charge in [-0.05, 0) is 51.2 Å². The number of imidazole rings is 1. The monoisotopic (exact) mass is 451 g/mol. The van der Waals surface area contributed by atoms with Gasteiger partial charge < -0.3 is 19.9 Å². The van der Waals surface area contributed by atoms with Gasteiger partial charge in [-0.1, -0.05) is 6.92 Å². The number of piperidine rings is 2. The lowest BCUT2D eigenvalue weighted by atomic mass is 9.64. The topological polar surface area (TPSA) is 92.0 Å². The van der Waals surface area contributed by atoms with E-state index in [9.17, 15) is 5.11 Å². The summed E-state index contributed by atoms with van der Waals surface area (Å²) < 4.78 is 17.5. The fraction of sp³-hybridized carbons (Fsp3) is 0.500. The van der Waals surface area contributed by atoms with Crippen molar-refractivity contribution in [3.63, 3.8) is 0 Å². The summed E-state index contributed by atoms with van der Waals surface area (Å²) in [4.78, 5) is 10.3. The van der Waals surface area contributed by atoms with Gasteiger partial charge in [0.2, 0.25) is 0 Å². The molecule has 2 saturated heterocycles. The lowest BCUT2D eigenvalue weighted by molar-refractivity contribution is -0.0177. The van der Waals surface area contributed by atoms with Crippen molar-refractivity contribution >= 4 is 5.82 Å². The van der Waals surface area contributed by atoms with Gasteiger partial charge >= 0.3 is 0 Å². The van der Waals surface area contributed by atoms with Gasteiger partial charge in [0.05, 0.1) is 29.8 Å². The van der Waals surface area contributed by atoms with E-state index < -0.39 is 11.7 Å². The molecule has 0 amide bonds. The number of aromatic nitrogens is 5. The molecule has 5 atom stereocenters. The Kier molecular flexibility index (Phi) is 5.12. The first-order chi connectivity index (χ1) is 15.7. The van der Waals surface area contributed by atoms with Gasteiger partial charge in [-0.15, -0.1) is 10.2 Å². The molecule has 1 aromatic carbocycles. The molecule has 8 nitrogen and oxygen atoms in total. The number of phenolic OH excluding ortho intramolecular Hbond substituents is 1. The first-order valence-corrected chi connectivity index (χ1v) is 11.4. The number of alkyl halides is 1. The van der Waals surface area contributed by atoms with Crippen LogP contribution in [-0.2, 0) is 0 Å². The van der Waals surface area contributed by atoms with Crippen LogP contribution in [0.4, 0.5) is 10.2 Å². The molecule has 0 radical (unpaired) electrons. The zero-order chi connectivity index (χ0) is 23.4. The number of hydrogen-bond acceptors (Lipinski definition) is 7. The van der Waals surface area contributed by atoms with Crippen molar-refractivity contribution in [3.8, 4) is 22.8 Å². The molecule has 5 rings (SSSR count). The number of nitrogens with zero attached hydrogens (tertiary/aromatic N) is 6. The SMILES string of the molecule is CC1C[C@@]2(C)C[C@H](N(C)c3cnc(-c4ccc(-n5ccnc5)cc4O)nn3)[C@@H](F)[C@@](C)(C1)N2. The second-order valence-electron chi connectivity index (χ2n) is 10.2. The molecule has 174 valence electrons. The number of phenols is 1. The number of hydrogen-bond donors (Lipinski definition) is 2. The van der Waals surface area contributed by atoms with Crippen LogP contribution in [0.25, 0.3) is 17.1 Å². The summed E-state index contributed by atoms with van der Waals surface area (Å²) >= 11 is 0. The van der Waals surface area contributed by atoms with Crippen molar-refractivity contribution in [1.29, 1.82) is 0 Å². The summed E-state index contributed by atoms with van der Waals surface area (Å²) in [5.41, 5.74) is 0.583. The highest BCUT2D eigenvalue weighted by atomic mass is 19.1. The van der Waals surface area contributed by atoms with Gasteiger partial charge in [0.1, 0.15) is 11.9 Å². The molecular formula is C24H30FN7O. The molecule has 4 heterocycles. The number of aromatic hydroxyl groups is 1. The molecule has 0 spiro atoms. The first kappa shape index (κ1) is 21.8. The summed E-state index contributed by atoms with van der Waals surface area (Å²) in [6, 6.07) is 4.91. The predicted octanol–water partition coefficient (Wildman–Crippen LogP) is 3.51. The molecule has 33 heavy (non-hydrogen) atoms. The van der Waals surface area contributed by atoms with Crippen LogP contribution < -0.4 is 10.2 Å². The third kappa shape index (κ3) is 3.84. The van der Waals surface area contributed by atoms with Crippen LogP contribution >= 0.6 is 0 Å². The number of anilines is 1. The van der Waals surface area contributed by atoms with E-state index in [0.29, 0.717) is 29.5 Å². The van der Waals surface area contributed by atoms with E-state index >= 15 is 4.39 Å². The number of benzene rings is 1. The van der Waals surface area contributed by atoms with E-state index in [2.05, 4.69) is 39.3 Å². The van der Waals surface area contributed by atoms with Gasteiger partial charge in [0, 0.05) is 36.6 Å². The van der Waals surface area contributed by atoms with Crippen molar-refractivity contribution in [2.75, 3.05) is 11.9 Å². The zero-order valence-corrected chi connectivity index (χ0v) is 19.4. The van der Waals surface area contributed by atoms with Crippen LogP contribution in [0.2, 0.25) is 0 Å². The standard InChI is InChI=1S/C24H30FN7O/c1-15-10-23(2)12-18(21(25)24(3,11-15)30-23)31(4)20-13-27-22(29-28-20)17-6-5-16(9-19(17)33)32-8-7-26-14-32/h5-9,13-15,18,21,30,33H,10-12H2,1-4H3/t15?,18-,21+,23-,24+/m0/s1. The highest BCUT2D eigenvalue weighted by molar-refractivity contribution is 5.66. The van der Waals surface area contributed by atoms with Gasteiger partial charge in [-0.2, -0.15) is 0 Å². The van der Waals surface area contributed by atoms with E-state index in [1.165, 1.54) is 0 Å². The highest BCUT2D eigenvalue weighted by Crippen LogP contribution is 2.45. The van der Waals surface area contributed by atoms with Gasteiger partial charge in [-0.25, -0.2) is 14.4 Å². The van der Waals surface area contributed by atoms with Crippen molar-refractivity contribution in [1.82, 2.24) is 30.0 Å². The van der Waals surface area contributed by atoms with Gasteiger partial charge in [-0.3, -0.25) is 0 Å². The van der Waals surface area contributed by atoms with Crippen LogP contribution in [0.15, 0.2) is 43.1 Å². The van der Waals surface area contributed by atoms with Crippen molar-refractivity contribution in [2.45, 2.75) is 63.3 Å². The Labute approximate surface area is 192 Å². The molecule has 3 aromatic rings. The lowest BCUT2D eigenvalue weighted by Crippen LogP contribution is -2.73. The lowest BCUT2D eigenvalue weighted by Gasteiger charge is -2.58. The molecule has 2 fully saturated rings. The highest BCUT2D eigenvalue weighted by Gasteiger charge is 2.55. The van der Waals surface area contributed by atoms with Crippen LogP contribution in [0.5, 0.6) is 5.75 Å². The molecule has 2 aromatic heterocycles. The smallest absolute Gasteiger partial charge is 0.185 e. The molecule has 1 unspecified atom stereocenters. The normalized spacial score (nSPS) is 31.4. The Bertz CT molecular complexity index is 1140. The Balaban J connectivity index is 1.38. The average molecular weight is 452 g/mol. The van der Waals surface area contributed by atoms with Gasteiger partial charge in [0.15, 0.2) is 11.6 Å². The molecule has 0 saturated carbocycles. The molecule has 9 heteroatoms. The Morgan fingerprint density at radius 1 is 1.21 bits per heavy atom. The van der Waals surface area contributed by atoms with E-state index in [1.54, 1.807) is 41.6 Å². The number of rotatable bonds is 4. The van der Waals surface area contributed by atoms with Crippen molar-refractivity contribution in [3.05, 3.63) is 43.1 Å². The molecule has 2 bridgehead atoms. The quantitative estimate of drug-likeness (QED) is 0.627. The summed E-state index contributed by atoms with van der Waals surface area (Å²) in [5.74, 6) is 1.36. The second kappa shape index (κ2) is 7.76. The summed E-state index contributed by atoms with van der Waals surface area (Å²) in [6.45, 7) is 6.39. The van der Waals surface area contributed by atoms with E-state index in [4.69, 9.17) is 0 Å². The fourth-order valence-electron chi connectivity index (χ4n) is 6.00. The number of halogens is 1. The van der Waals surface area contributed by atoms with Crippen LogP contribution in [0, 0.1) is 5.92 Å². The molecular weight excluding hydrogens is 421 g/mol. The predicted molar refractivity (Wildman–Crippen MR) is 124 cm³/mol. The van der Waals surface area contributed by atoms with Crippen molar-refractivity contribution < 1.29 is 9.50 Å². The fourth-order valence-corrected chi connectivity index (χ4v) is 6.00. The van der Waals surface area contributed by atoms with Crippen LogP contribution in [0.1, 0.15) is 40.0 Å². The maximum atomic E-state index is 15.7. The second-order valence-corrected chi connectivity index (χ2v) is 10.2. The first-order valence-electron chi connectivity index (χ1n) is 11.4. The summed E-state index contributed by atoms with van der Waals surface area (Å²) in [6.07, 6.45) is 8.21. The Morgan fingerprint density at radius 2 is 2.03 bits per heavy atom. The third-order valence-electron chi connectivity index (χ3n) is 7.20. The number of nitrogens with one attached hydrogen (secondary N) is 1. The van der Waals surface area contributed by atoms with Crippen LogP contribution in [-0.4, -0.2) is 60.2 Å². The Hall–Kier alpha value is -3.07. The molecule has 0 aliphatic carbocycles. The van der Waals surface area contributed by atoms with E-state index in [0.717, 1.165) is 18.5 Å². The average Bonchev–Trinajstić information content (AvgIpc) is 3.30. The van der Waals surface area contributed by atoms with Crippen LogP contribution in [0.3, 0.4) is 0 Å². The van der Waals surface area contributed by atoms with E-state index in [1.807, 2.05) is 24.9 Å². The summed E-state index contributed by atoms with van der Waals surface area (Å²) in [7, 11) is 1.86. The van der Waals surface area contributed by atoms with E-state index in [-0.39, 0.29) is 17.3 Å². The Morgan fingerprint density at radius 3 is 2.70 bits per heavy atom. The molecule has 2 N–H and O–H groups in total. The number of fused-ring (bicyclic) bond motifs is 2. The zero-order valence-electron chi connectivity index (χ0n) is 19.4. The maximum Gasteiger partial charge on any atom is 0.185 e. The maximum absolute atomic E-state index is 15.7. The minimum atomic E-state index is -1.04. The van der Waals surface area contributed by atoms with Gasteiger partial charge in [0.25, 0.3) is 0 Å². The summed E-state index contributed by atoms with van der Waals surface area (Å²) in [5, 5.41) is 22.7. The minimum absolute atomic E-state index is 0.0501. The molecule has 2 aliphatic rings.